The van der Waals surface area contributed by atoms with E-state index in [0.717, 1.165) is 44.3 Å². The molecule has 2 aromatic heterocycles. The van der Waals surface area contributed by atoms with Gasteiger partial charge in [0.25, 0.3) is 0 Å². The van der Waals surface area contributed by atoms with Gasteiger partial charge < -0.3 is 8.83 Å². The molecule has 0 atom stereocenters. The average Bonchev–Trinajstić information content (AvgIpc) is 3.22. The van der Waals surface area contributed by atoms with Crippen molar-refractivity contribution in [3.8, 4) is 33.6 Å². The van der Waals surface area contributed by atoms with Crippen molar-refractivity contribution in [1.82, 2.24) is 0 Å². The molecule has 0 aliphatic carbocycles. The van der Waals surface area contributed by atoms with Crippen molar-refractivity contribution >= 4 is 21.9 Å². The van der Waals surface area contributed by atoms with Crippen LogP contribution in [0, 0.1) is 0 Å². The summed E-state index contributed by atoms with van der Waals surface area (Å²) in [6.07, 6.45) is 0. The Bertz CT molecular complexity index is 1610. The third kappa shape index (κ3) is 3.03. The Kier molecular flexibility index (Phi) is 4.25. The van der Waals surface area contributed by atoms with Gasteiger partial charge >= 0.3 is 5.63 Å². The van der Waals surface area contributed by atoms with E-state index in [9.17, 15) is 4.79 Å². The van der Waals surface area contributed by atoms with Gasteiger partial charge in [-0.25, -0.2) is 4.79 Å². The maximum absolute atomic E-state index is 12.3. The molecule has 0 unspecified atom stereocenters. The van der Waals surface area contributed by atoms with Gasteiger partial charge in [0.2, 0.25) is 0 Å². The summed E-state index contributed by atoms with van der Waals surface area (Å²) in [6.45, 7) is 0. The Hall–Kier alpha value is -4.37. The van der Waals surface area contributed by atoms with E-state index < -0.39 is 0 Å². The van der Waals surface area contributed by atoms with Gasteiger partial charge in [0.05, 0.1) is 0 Å². The minimum Gasteiger partial charge on any atom is -0.455 e. The van der Waals surface area contributed by atoms with Crippen LogP contribution in [0.3, 0.4) is 0 Å². The maximum Gasteiger partial charge on any atom is 0.336 e. The molecule has 152 valence electrons. The number of hydrogen-bond acceptors (Lipinski definition) is 3. The van der Waals surface area contributed by atoms with Crippen LogP contribution in [0.25, 0.3) is 55.5 Å². The highest BCUT2D eigenvalue weighted by Gasteiger charge is 2.20. The first-order valence-electron chi connectivity index (χ1n) is 10.5. The van der Waals surface area contributed by atoms with Crippen LogP contribution in [0.5, 0.6) is 0 Å². The summed E-state index contributed by atoms with van der Waals surface area (Å²) in [5.74, 6) is 0.797. The molecule has 0 N–H and O–H groups in total. The molecule has 0 amide bonds. The molecule has 3 nitrogen and oxygen atoms in total. The van der Waals surface area contributed by atoms with Crippen LogP contribution in [0.2, 0.25) is 0 Å². The van der Waals surface area contributed by atoms with Gasteiger partial charge in [0, 0.05) is 34.0 Å². The van der Waals surface area contributed by atoms with E-state index in [-0.39, 0.29) is 5.63 Å². The van der Waals surface area contributed by atoms with Crippen molar-refractivity contribution < 1.29 is 8.83 Å². The van der Waals surface area contributed by atoms with Crippen LogP contribution >= 0.6 is 0 Å². The summed E-state index contributed by atoms with van der Waals surface area (Å²) < 4.78 is 11.9. The first kappa shape index (κ1) is 18.4. The Balaban J connectivity index is 1.73. The molecule has 6 rings (SSSR count). The van der Waals surface area contributed by atoms with Crippen molar-refractivity contribution in [2.45, 2.75) is 0 Å². The summed E-state index contributed by atoms with van der Waals surface area (Å²) in [7, 11) is 0. The van der Waals surface area contributed by atoms with Crippen LogP contribution in [-0.4, -0.2) is 0 Å². The van der Waals surface area contributed by atoms with E-state index >= 15 is 0 Å². The third-order valence-electron chi connectivity index (χ3n) is 5.74. The zero-order chi connectivity index (χ0) is 21.5. The van der Waals surface area contributed by atoms with Crippen LogP contribution in [0.15, 0.2) is 123 Å². The minimum absolute atomic E-state index is 0.381. The summed E-state index contributed by atoms with van der Waals surface area (Å²) >= 11 is 0. The van der Waals surface area contributed by atoms with Crippen molar-refractivity contribution in [2.75, 3.05) is 0 Å². The molecule has 0 saturated heterocycles. The lowest BCUT2D eigenvalue weighted by Crippen LogP contribution is -1.98. The number of fused-ring (bicyclic) bond motifs is 2. The third-order valence-corrected chi connectivity index (χ3v) is 5.74. The lowest BCUT2D eigenvalue weighted by Gasteiger charge is -2.07. The Morgan fingerprint density at radius 2 is 1.06 bits per heavy atom. The van der Waals surface area contributed by atoms with Gasteiger partial charge in [0.15, 0.2) is 0 Å². The summed E-state index contributed by atoms with van der Waals surface area (Å²) in [5.41, 5.74) is 5.73. The molecule has 3 heteroatoms. The standard InChI is InChI=1S/C29H18O3/c30-27-17-22(19-10-4-1-5-11-19)23-16-24-26(18-25(23)31-27)32-29(21-14-8-3-9-15-21)28(24)20-12-6-2-7-13-20/h1-18H. The fraction of sp³-hybridized carbons (Fsp3) is 0. The Labute approximate surface area is 184 Å². The molecule has 0 aliphatic rings. The Morgan fingerprint density at radius 1 is 0.500 bits per heavy atom. The summed E-state index contributed by atoms with van der Waals surface area (Å²) in [6, 6.07) is 35.7. The van der Waals surface area contributed by atoms with E-state index in [1.54, 1.807) is 6.07 Å². The molecule has 0 aliphatic heterocycles. The van der Waals surface area contributed by atoms with Crippen LogP contribution in [0.1, 0.15) is 0 Å². The molecule has 0 spiro atoms. The molecule has 0 saturated carbocycles. The fourth-order valence-corrected chi connectivity index (χ4v) is 4.29. The second kappa shape index (κ2) is 7.40. The quantitative estimate of drug-likeness (QED) is 0.281. The molecule has 0 fully saturated rings. The molecule has 2 heterocycles. The van der Waals surface area contributed by atoms with Gasteiger partial charge in [-0.3, -0.25) is 0 Å². The van der Waals surface area contributed by atoms with Crippen molar-refractivity contribution in [2.24, 2.45) is 0 Å². The fourth-order valence-electron chi connectivity index (χ4n) is 4.29. The molecule has 32 heavy (non-hydrogen) atoms. The number of hydrogen-bond donors (Lipinski definition) is 0. The van der Waals surface area contributed by atoms with E-state index in [1.807, 2.05) is 84.9 Å². The normalized spacial score (nSPS) is 11.2. The molecular formula is C29H18O3. The minimum atomic E-state index is -0.381. The SMILES string of the molecule is O=c1cc(-c2ccccc2)c2cc3c(-c4ccccc4)c(-c4ccccc4)oc3cc2o1. The predicted octanol–water partition coefficient (Wildman–Crippen LogP) is 7.54. The topological polar surface area (TPSA) is 43.4 Å². The van der Waals surface area contributed by atoms with Gasteiger partial charge in [0.1, 0.15) is 16.9 Å². The van der Waals surface area contributed by atoms with Crippen molar-refractivity contribution in [3.05, 3.63) is 120 Å². The lowest BCUT2D eigenvalue weighted by molar-refractivity contribution is 0.560. The number of benzene rings is 4. The predicted molar refractivity (Wildman–Crippen MR) is 129 cm³/mol. The average molecular weight is 414 g/mol. The second-order valence-electron chi connectivity index (χ2n) is 7.73. The zero-order valence-corrected chi connectivity index (χ0v) is 17.1. The van der Waals surface area contributed by atoms with Gasteiger partial charge in [-0.2, -0.15) is 0 Å². The largest absolute Gasteiger partial charge is 0.455 e. The Morgan fingerprint density at radius 3 is 1.72 bits per heavy atom. The van der Waals surface area contributed by atoms with Crippen molar-refractivity contribution in [3.63, 3.8) is 0 Å². The van der Waals surface area contributed by atoms with E-state index in [4.69, 9.17) is 8.83 Å². The highest BCUT2D eigenvalue weighted by atomic mass is 16.4. The molecule has 0 radical (unpaired) electrons. The lowest BCUT2D eigenvalue weighted by atomic mass is 9.96. The van der Waals surface area contributed by atoms with Crippen LogP contribution < -0.4 is 5.63 Å². The summed E-state index contributed by atoms with van der Waals surface area (Å²) in [4.78, 5) is 12.3. The van der Waals surface area contributed by atoms with E-state index in [2.05, 4.69) is 18.2 Å². The highest BCUT2D eigenvalue weighted by Crippen LogP contribution is 2.43. The summed E-state index contributed by atoms with van der Waals surface area (Å²) in [5, 5.41) is 1.86. The van der Waals surface area contributed by atoms with Gasteiger partial charge in [-0.05, 0) is 22.8 Å². The first-order valence-corrected chi connectivity index (χ1v) is 10.5. The van der Waals surface area contributed by atoms with Crippen molar-refractivity contribution in [1.29, 1.82) is 0 Å². The van der Waals surface area contributed by atoms with Gasteiger partial charge in [-0.1, -0.05) is 91.0 Å². The molecule has 0 bridgehead atoms. The second-order valence-corrected chi connectivity index (χ2v) is 7.73. The maximum atomic E-state index is 12.3. The van der Waals surface area contributed by atoms with Gasteiger partial charge in [-0.15, -0.1) is 0 Å². The molecule has 6 aromatic rings. The van der Waals surface area contributed by atoms with E-state index in [0.29, 0.717) is 11.2 Å². The zero-order valence-electron chi connectivity index (χ0n) is 17.1. The van der Waals surface area contributed by atoms with Crippen LogP contribution in [-0.2, 0) is 0 Å². The molecule has 4 aromatic carbocycles. The first-order chi connectivity index (χ1) is 15.8. The van der Waals surface area contributed by atoms with E-state index in [1.165, 1.54) is 0 Å². The highest BCUT2D eigenvalue weighted by molar-refractivity contribution is 6.09. The smallest absolute Gasteiger partial charge is 0.336 e. The number of furan rings is 1. The van der Waals surface area contributed by atoms with Crippen LogP contribution in [0.4, 0.5) is 0 Å². The monoisotopic (exact) mass is 414 g/mol. The number of rotatable bonds is 3. The molecular weight excluding hydrogens is 396 g/mol.